The topological polar surface area (TPSA) is 46.3 Å². The van der Waals surface area contributed by atoms with Gasteiger partial charge in [-0.1, -0.05) is 50.1 Å². The molecule has 0 radical (unpaired) electrons. The Hall–Kier alpha value is -1.35. The lowest BCUT2D eigenvalue weighted by Gasteiger charge is -2.33. The van der Waals surface area contributed by atoms with E-state index in [-0.39, 0.29) is 11.9 Å². The molecule has 0 aliphatic heterocycles. The number of rotatable bonds is 7. The summed E-state index contributed by atoms with van der Waals surface area (Å²) in [4.78, 5) is 14.5. The van der Waals surface area contributed by atoms with Crippen molar-refractivity contribution in [2.24, 2.45) is 11.7 Å². The number of amides is 1. The molecule has 1 fully saturated rings. The molecule has 1 aliphatic rings. The van der Waals surface area contributed by atoms with Gasteiger partial charge in [-0.05, 0) is 30.7 Å². The second-order valence-corrected chi connectivity index (χ2v) is 5.90. The molecule has 1 unspecified atom stereocenters. The highest BCUT2D eigenvalue weighted by atomic mass is 16.2. The van der Waals surface area contributed by atoms with E-state index in [0.717, 1.165) is 19.4 Å². The van der Waals surface area contributed by atoms with Gasteiger partial charge in [-0.3, -0.25) is 4.79 Å². The molecule has 0 spiro atoms. The Labute approximate surface area is 122 Å². The molecule has 1 aliphatic carbocycles. The SMILES string of the molecule is CCCC(N)C(=O)N(Cc1ccccc1)CC1CCC1. The number of nitrogens with two attached hydrogens (primary N) is 1. The Bertz CT molecular complexity index is 414. The summed E-state index contributed by atoms with van der Waals surface area (Å²) in [6.45, 7) is 3.62. The van der Waals surface area contributed by atoms with Crippen molar-refractivity contribution in [1.29, 1.82) is 0 Å². The van der Waals surface area contributed by atoms with Crippen molar-refractivity contribution < 1.29 is 4.79 Å². The molecule has 0 bridgehead atoms. The Kier molecular flexibility index (Phi) is 5.60. The van der Waals surface area contributed by atoms with Gasteiger partial charge in [0.15, 0.2) is 0 Å². The van der Waals surface area contributed by atoms with Crippen LogP contribution in [-0.2, 0) is 11.3 Å². The van der Waals surface area contributed by atoms with Crippen molar-refractivity contribution in [2.75, 3.05) is 6.54 Å². The summed E-state index contributed by atoms with van der Waals surface area (Å²) in [6, 6.07) is 9.85. The van der Waals surface area contributed by atoms with E-state index in [1.807, 2.05) is 23.1 Å². The highest BCUT2D eigenvalue weighted by molar-refractivity contribution is 5.81. The first kappa shape index (κ1) is 15.0. The summed E-state index contributed by atoms with van der Waals surface area (Å²) in [5, 5.41) is 0. The van der Waals surface area contributed by atoms with Gasteiger partial charge >= 0.3 is 0 Å². The summed E-state index contributed by atoms with van der Waals surface area (Å²) < 4.78 is 0. The molecular weight excluding hydrogens is 248 g/mol. The number of carbonyl (C=O) groups is 1. The van der Waals surface area contributed by atoms with Gasteiger partial charge in [0.25, 0.3) is 0 Å². The molecule has 0 saturated heterocycles. The molecule has 3 nitrogen and oxygen atoms in total. The molecule has 1 aromatic rings. The van der Waals surface area contributed by atoms with Crippen LogP contribution >= 0.6 is 0 Å². The average molecular weight is 274 g/mol. The van der Waals surface area contributed by atoms with Crippen LogP contribution in [0.15, 0.2) is 30.3 Å². The first-order chi connectivity index (χ1) is 9.70. The third-order valence-corrected chi connectivity index (χ3v) is 4.15. The average Bonchev–Trinajstić information content (AvgIpc) is 2.42. The second-order valence-electron chi connectivity index (χ2n) is 5.90. The predicted octanol–water partition coefficient (Wildman–Crippen LogP) is 2.94. The molecule has 0 aromatic heterocycles. The lowest BCUT2D eigenvalue weighted by molar-refractivity contribution is -0.134. The zero-order valence-electron chi connectivity index (χ0n) is 12.4. The second kappa shape index (κ2) is 7.44. The van der Waals surface area contributed by atoms with Crippen molar-refractivity contribution >= 4 is 5.91 Å². The van der Waals surface area contributed by atoms with Gasteiger partial charge in [0.2, 0.25) is 5.91 Å². The molecule has 0 heterocycles. The molecule has 1 atom stereocenters. The molecule has 2 rings (SSSR count). The predicted molar refractivity (Wildman–Crippen MR) is 82.1 cm³/mol. The molecule has 3 heteroatoms. The van der Waals surface area contributed by atoms with Crippen LogP contribution in [0.3, 0.4) is 0 Å². The standard InChI is InChI=1S/C17H26N2O/c1-2-7-16(18)17(20)19(13-15-10-6-11-15)12-14-8-4-3-5-9-14/h3-5,8-9,15-16H,2,6-7,10-13,18H2,1H3. The van der Waals surface area contributed by atoms with Crippen LogP contribution in [0.2, 0.25) is 0 Å². The van der Waals surface area contributed by atoms with Crippen LogP contribution < -0.4 is 5.73 Å². The van der Waals surface area contributed by atoms with Crippen molar-refractivity contribution in [3.63, 3.8) is 0 Å². The van der Waals surface area contributed by atoms with E-state index in [0.29, 0.717) is 12.5 Å². The highest BCUT2D eigenvalue weighted by Gasteiger charge is 2.26. The minimum absolute atomic E-state index is 0.114. The van der Waals surface area contributed by atoms with E-state index in [1.165, 1.54) is 24.8 Å². The third kappa shape index (κ3) is 4.07. The lowest BCUT2D eigenvalue weighted by atomic mass is 9.85. The molecule has 1 aromatic carbocycles. The number of nitrogens with zero attached hydrogens (tertiary/aromatic N) is 1. The highest BCUT2D eigenvalue weighted by Crippen LogP contribution is 2.27. The van der Waals surface area contributed by atoms with E-state index in [1.54, 1.807) is 0 Å². The normalized spacial score (nSPS) is 16.5. The Morgan fingerprint density at radius 1 is 1.35 bits per heavy atom. The maximum Gasteiger partial charge on any atom is 0.239 e. The van der Waals surface area contributed by atoms with E-state index in [4.69, 9.17) is 5.73 Å². The van der Waals surface area contributed by atoms with Crippen LogP contribution in [0.1, 0.15) is 44.6 Å². The van der Waals surface area contributed by atoms with E-state index in [9.17, 15) is 4.79 Å². The van der Waals surface area contributed by atoms with Crippen LogP contribution in [0.25, 0.3) is 0 Å². The molecule has 110 valence electrons. The van der Waals surface area contributed by atoms with E-state index in [2.05, 4.69) is 19.1 Å². The fourth-order valence-electron chi connectivity index (χ4n) is 2.69. The first-order valence-corrected chi connectivity index (χ1v) is 7.79. The van der Waals surface area contributed by atoms with Crippen molar-refractivity contribution in [1.82, 2.24) is 4.90 Å². The summed E-state index contributed by atoms with van der Waals surface area (Å²) in [5.41, 5.74) is 7.21. The first-order valence-electron chi connectivity index (χ1n) is 7.79. The Morgan fingerprint density at radius 2 is 2.05 bits per heavy atom. The molecule has 2 N–H and O–H groups in total. The van der Waals surface area contributed by atoms with Gasteiger partial charge < -0.3 is 10.6 Å². The van der Waals surface area contributed by atoms with Gasteiger partial charge in [0.1, 0.15) is 0 Å². The van der Waals surface area contributed by atoms with E-state index >= 15 is 0 Å². The summed E-state index contributed by atoms with van der Waals surface area (Å²) in [7, 11) is 0. The monoisotopic (exact) mass is 274 g/mol. The van der Waals surface area contributed by atoms with Gasteiger partial charge in [0.05, 0.1) is 6.04 Å². The molecule has 1 amide bonds. The Balaban J connectivity index is 2.01. The van der Waals surface area contributed by atoms with Crippen LogP contribution in [0, 0.1) is 5.92 Å². The number of benzene rings is 1. The van der Waals surface area contributed by atoms with E-state index < -0.39 is 0 Å². The quantitative estimate of drug-likeness (QED) is 0.831. The minimum Gasteiger partial charge on any atom is -0.337 e. The van der Waals surface area contributed by atoms with Crippen molar-refractivity contribution in [2.45, 2.75) is 51.6 Å². The molecular formula is C17H26N2O. The zero-order valence-corrected chi connectivity index (χ0v) is 12.4. The summed E-state index contributed by atoms with van der Waals surface area (Å²) in [5.74, 6) is 0.791. The lowest BCUT2D eigenvalue weighted by Crippen LogP contribution is -2.46. The van der Waals surface area contributed by atoms with Crippen LogP contribution in [0.5, 0.6) is 0 Å². The number of carbonyl (C=O) groups excluding carboxylic acids is 1. The maximum atomic E-state index is 12.5. The number of hydrogen-bond acceptors (Lipinski definition) is 2. The van der Waals surface area contributed by atoms with Gasteiger partial charge in [-0.2, -0.15) is 0 Å². The summed E-state index contributed by atoms with van der Waals surface area (Å²) in [6.07, 6.45) is 5.53. The van der Waals surface area contributed by atoms with Gasteiger partial charge in [-0.15, -0.1) is 0 Å². The minimum atomic E-state index is -0.344. The van der Waals surface area contributed by atoms with Crippen molar-refractivity contribution in [3.05, 3.63) is 35.9 Å². The molecule has 1 saturated carbocycles. The van der Waals surface area contributed by atoms with Crippen molar-refractivity contribution in [3.8, 4) is 0 Å². The van der Waals surface area contributed by atoms with Gasteiger partial charge in [-0.25, -0.2) is 0 Å². The summed E-state index contributed by atoms with van der Waals surface area (Å²) >= 11 is 0. The largest absolute Gasteiger partial charge is 0.337 e. The van der Waals surface area contributed by atoms with Crippen LogP contribution in [0.4, 0.5) is 0 Å². The molecule has 20 heavy (non-hydrogen) atoms. The third-order valence-electron chi connectivity index (χ3n) is 4.15. The van der Waals surface area contributed by atoms with Crippen LogP contribution in [-0.4, -0.2) is 23.4 Å². The fraction of sp³-hybridized carbons (Fsp3) is 0.588. The smallest absolute Gasteiger partial charge is 0.239 e. The number of hydrogen-bond donors (Lipinski definition) is 1. The van der Waals surface area contributed by atoms with Gasteiger partial charge in [0, 0.05) is 13.1 Å². The maximum absolute atomic E-state index is 12.5. The fourth-order valence-corrected chi connectivity index (χ4v) is 2.69. The zero-order chi connectivity index (χ0) is 14.4. The Morgan fingerprint density at radius 3 is 2.60 bits per heavy atom.